The molecule has 4 rings (SSSR count). The van der Waals surface area contributed by atoms with Crippen molar-refractivity contribution < 1.29 is 4.52 Å². The van der Waals surface area contributed by atoms with Gasteiger partial charge in [-0.05, 0) is 42.7 Å². The number of nitrogens with zero attached hydrogens (tertiary/aromatic N) is 4. The van der Waals surface area contributed by atoms with E-state index in [0.717, 1.165) is 29.0 Å². The SMILES string of the molecule is CCN(c1ccc(C(C)C)cc1)c1ncnc2onc(-c3ccc(Cl)cc3)c12. The Morgan fingerprint density at radius 1 is 1.00 bits per heavy atom. The summed E-state index contributed by atoms with van der Waals surface area (Å²) in [6, 6.07) is 16.1. The Balaban J connectivity index is 1.84. The molecule has 28 heavy (non-hydrogen) atoms. The zero-order chi connectivity index (χ0) is 19.7. The average Bonchev–Trinajstić information content (AvgIpc) is 3.14. The zero-order valence-corrected chi connectivity index (χ0v) is 16.8. The molecule has 142 valence electrons. The van der Waals surface area contributed by atoms with Crippen LogP contribution in [0.4, 0.5) is 11.5 Å². The number of aromatic nitrogens is 3. The monoisotopic (exact) mass is 392 g/mol. The van der Waals surface area contributed by atoms with E-state index in [4.69, 9.17) is 16.1 Å². The van der Waals surface area contributed by atoms with Gasteiger partial charge in [-0.2, -0.15) is 4.98 Å². The van der Waals surface area contributed by atoms with Crippen LogP contribution in [0.1, 0.15) is 32.3 Å². The predicted octanol–water partition coefficient (Wildman–Crippen LogP) is 6.22. The van der Waals surface area contributed by atoms with Crippen molar-refractivity contribution in [1.82, 2.24) is 15.1 Å². The number of hydrogen-bond acceptors (Lipinski definition) is 5. The third kappa shape index (κ3) is 3.34. The molecule has 0 saturated carbocycles. The van der Waals surface area contributed by atoms with Gasteiger partial charge in [-0.25, -0.2) is 4.98 Å². The van der Waals surface area contributed by atoms with E-state index in [1.807, 2.05) is 24.3 Å². The van der Waals surface area contributed by atoms with Gasteiger partial charge in [0.1, 0.15) is 23.2 Å². The number of anilines is 2. The van der Waals surface area contributed by atoms with E-state index in [0.29, 0.717) is 22.3 Å². The van der Waals surface area contributed by atoms with E-state index in [-0.39, 0.29) is 0 Å². The Kier molecular flexibility index (Phi) is 5.01. The minimum absolute atomic E-state index is 0.465. The Morgan fingerprint density at radius 2 is 1.71 bits per heavy atom. The molecule has 0 aliphatic heterocycles. The molecule has 0 saturated heterocycles. The molecule has 0 aliphatic carbocycles. The minimum Gasteiger partial charge on any atom is -0.335 e. The fourth-order valence-corrected chi connectivity index (χ4v) is 3.40. The van der Waals surface area contributed by atoms with Crippen molar-refractivity contribution in [3.63, 3.8) is 0 Å². The number of benzene rings is 2. The van der Waals surface area contributed by atoms with E-state index in [1.165, 1.54) is 11.9 Å². The molecule has 0 spiro atoms. The van der Waals surface area contributed by atoms with Gasteiger partial charge in [-0.3, -0.25) is 0 Å². The second-order valence-corrected chi connectivity index (χ2v) is 7.34. The van der Waals surface area contributed by atoms with Crippen LogP contribution in [0.3, 0.4) is 0 Å². The smallest absolute Gasteiger partial charge is 0.263 e. The maximum Gasteiger partial charge on any atom is 0.263 e. The van der Waals surface area contributed by atoms with Crippen LogP contribution in [0, 0.1) is 0 Å². The third-order valence-corrected chi connectivity index (χ3v) is 5.07. The fraction of sp³-hybridized carbons (Fsp3) is 0.227. The van der Waals surface area contributed by atoms with Gasteiger partial charge in [0.15, 0.2) is 0 Å². The van der Waals surface area contributed by atoms with Crippen molar-refractivity contribution in [1.29, 1.82) is 0 Å². The van der Waals surface area contributed by atoms with Crippen molar-refractivity contribution in [2.75, 3.05) is 11.4 Å². The van der Waals surface area contributed by atoms with E-state index < -0.39 is 0 Å². The first-order chi connectivity index (χ1) is 13.6. The molecule has 0 unspecified atom stereocenters. The lowest BCUT2D eigenvalue weighted by Crippen LogP contribution is -2.18. The topological polar surface area (TPSA) is 55.1 Å². The van der Waals surface area contributed by atoms with Crippen molar-refractivity contribution >= 4 is 34.2 Å². The second kappa shape index (κ2) is 7.60. The molecule has 0 atom stereocenters. The third-order valence-electron chi connectivity index (χ3n) is 4.81. The maximum atomic E-state index is 6.03. The first-order valence-corrected chi connectivity index (χ1v) is 9.70. The average molecular weight is 393 g/mol. The first-order valence-electron chi connectivity index (χ1n) is 9.32. The van der Waals surface area contributed by atoms with Gasteiger partial charge >= 0.3 is 0 Å². The molecule has 0 radical (unpaired) electrons. The molecule has 5 nitrogen and oxygen atoms in total. The summed E-state index contributed by atoms with van der Waals surface area (Å²) in [7, 11) is 0. The van der Waals surface area contributed by atoms with Gasteiger partial charge in [0.2, 0.25) is 0 Å². The van der Waals surface area contributed by atoms with Gasteiger partial charge in [0.05, 0.1) is 0 Å². The predicted molar refractivity (Wildman–Crippen MR) is 113 cm³/mol. The molecule has 2 aromatic carbocycles. The molecular formula is C22H21ClN4O. The van der Waals surface area contributed by atoms with Crippen LogP contribution < -0.4 is 4.90 Å². The quantitative estimate of drug-likeness (QED) is 0.403. The highest BCUT2D eigenvalue weighted by atomic mass is 35.5. The molecule has 0 fully saturated rings. The second-order valence-electron chi connectivity index (χ2n) is 6.91. The highest BCUT2D eigenvalue weighted by Gasteiger charge is 2.21. The lowest BCUT2D eigenvalue weighted by atomic mass is 10.0. The standard InChI is InChI=1S/C22H21ClN4O/c1-4-27(18-11-7-15(8-12-18)14(2)3)21-19-20(16-5-9-17(23)10-6-16)26-28-22(19)25-13-24-21/h5-14H,4H2,1-3H3. The summed E-state index contributed by atoms with van der Waals surface area (Å²) in [5.74, 6) is 1.26. The first kappa shape index (κ1) is 18.4. The van der Waals surface area contributed by atoms with Gasteiger partial charge in [-0.15, -0.1) is 0 Å². The molecule has 0 bridgehead atoms. The summed E-state index contributed by atoms with van der Waals surface area (Å²) >= 11 is 6.03. The summed E-state index contributed by atoms with van der Waals surface area (Å²) in [4.78, 5) is 11.0. The van der Waals surface area contributed by atoms with Gasteiger partial charge < -0.3 is 9.42 Å². The van der Waals surface area contributed by atoms with Crippen LogP contribution in [0.15, 0.2) is 59.4 Å². The van der Waals surface area contributed by atoms with E-state index in [1.54, 1.807) is 0 Å². The number of rotatable bonds is 5. The molecule has 2 aromatic heterocycles. The Labute approximate surface area is 169 Å². The molecule has 0 amide bonds. The Hall–Kier alpha value is -2.92. The Morgan fingerprint density at radius 3 is 2.36 bits per heavy atom. The lowest BCUT2D eigenvalue weighted by molar-refractivity contribution is 0.451. The largest absolute Gasteiger partial charge is 0.335 e. The van der Waals surface area contributed by atoms with Gasteiger partial charge in [-0.1, -0.05) is 54.9 Å². The summed E-state index contributed by atoms with van der Waals surface area (Å²) < 4.78 is 5.49. The van der Waals surface area contributed by atoms with Crippen molar-refractivity contribution in [2.45, 2.75) is 26.7 Å². The van der Waals surface area contributed by atoms with Crippen LogP contribution in [0.2, 0.25) is 5.02 Å². The highest BCUT2D eigenvalue weighted by Crippen LogP contribution is 2.36. The minimum atomic E-state index is 0.465. The zero-order valence-electron chi connectivity index (χ0n) is 16.1. The van der Waals surface area contributed by atoms with Crippen LogP contribution in [0.5, 0.6) is 0 Å². The molecule has 0 aliphatic rings. The highest BCUT2D eigenvalue weighted by molar-refractivity contribution is 6.30. The lowest BCUT2D eigenvalue weighted by Gasteiger charge is -2.23. The fourth-order valence-electron chi connectivity index (χ4n) is 3.27. The van der Waals surface area contributed by atoms with Crippen LogP contribution in [-0.4, -0.2) is 21.7 Å². The van der Waals surface area contributed by atoms with Gasteiger partial charge in [0.25, 0.3) is 5.71 Å². The number of fused-ring (bicyclic) bond motifs is 1. The van der Waals surface area contributed by atoms with E-state index in [9.17, 15) is 0 Å². The van der Waals surface area contributed by atoms with E-state index in [2.05, 4.69) is 65.1 Å². The summed E-state index contributed by atoms with van der Waals surface area (Å²) in [6.45, 7) is 7.23. The Bertz CT molecular complexity index is 1090. The van der Waals surface area contributed by atoms with Crippen molar-refractivity contribution in [3.8, 4) is 11.3 Å². The molecule has 4 aromatic rings. The normalized spacial score (nSPS) is 11.3. The van der Waals surface area contributed by atoms with Gasteiger partial charge in [0, 0.05) is 22.8 Å². The number of hydrogen-bond donors (Lipinski definition) is 0. The molecule has 2 heterocycles. The molecular weight excluding hydrogens is 372 g/mol. The summed E-state index contributed by atoms with van der Waals surface area (Å²) in [5, 5.41) is 5.72. The van der Waals surface area contributed by atoms with Crippen molar-refractivity contribution in [3.05, 3.63) is 65.4 Å². The van der Waals surface area contributed by atoms with Crippen LogP contribution in [0.25, 0.3) is 22.4 Å². The summed E-state index contributed by atoms with van der Waals surface area (Å²) in [6.07, 6.45) is 1.51. The molecule has 6 heteroatoms. The van der Waals surface area contributed by atoms with E-state index >= 15 is 0 Å². The van der Waals surface area contributed by atoms with Crippen LogP contribution >= 0.6 is 11.6 Å². The number of halogens is 1. The summed E-state index contributed by atoms with van der Waals surface area (Å²) in [5.41, 5.74) is 4.45. The maximum absolute atomic E-state index is 6.03. The van der Waals surface area contributed by atoms with Crippen molar-refractivity contribution in [2.24, 2.45) is 0 Å². The van der Waals surface area contributed by atoms with Crippen LogP contribution in [-0.2, 0) is 0 Å². The molecule has 0 N–H and O–H groups in total.